The zero-order valence-electron chi connectivity index (χ0n) is 16.9. The van der Waals surface area contributed by atoms with Crippen LogP contribution in [0, 0.1) is 6.92 Å². The summed E-state index contributed by atoms with van der Waals surface area (Å²) in [5, 5.41) is 8.54. The molecule has 134 valence electrons. The third kappa shape index (κ3) is 25.7. The van der Waals surface area contributed by atoms with E-state index in [0.717, 1.165) is 5.56 Å². The minimum atomic E-state index is 0.140. The van der Waals surface area contributed by atoms with Crippen LogP contribution in [0.2, 0.25) is 0 Å². The Balaban J connectivity index is -0.000000110. The van der Waals surface area contributed by atoms with Gasteiger partial charge in [0.25, 0.3) is 0 Å². The summed E-state index contributed by atoms with van der Waals surface area (Å²) >= 11 is 0. The zero-order chi connectivity index (χ0) is 18.9. The zero-order valence-corrected chi connectivity index (χ0v) is 16.9. The predicted octanol–water partition coefficient (Wildman–Crippen LogP) is 7.28. The van der Waals surface area contributed by atoms with Crippen molar-refractivity contribution in [2.75, 3.05) is 0 Å². The first kappa shape index (κ1) is 29.4. The summed E-state index contributed by atoms with van der Waals surface area (Å²) in [6, 6.07) is 19.8. The Labute approximate surface area is 146 Å². The standard InChI is InChI=1S/C7H8O.C7H8.4C2H6/c8-6-7-4-2-1-3-5-7;1-7-5-3-2-4-6-7;4*1-2/h1-5,8H,6H2;2-6H,1H3;4*1-2H3. The highest BCUT2D eigenvalue weighted by molar-refractivity contribution is 5.13. The molecule has 0 aromatic heterocycles. The molecule has 0 aliphatic carbocycles. The lowest BCUT2D eigenvalue weighted by molar-refractivity contribution is 0.282. The maximum absolute atomic E-state index is 8.54. The molecule has 0 unspecified atom stereocenters. The Morgan fingerprint density at radius 2 is 0.870 bits per heavy atom. The van der Waals surface area contributed by atoms with E-state index in [1.165, 1.54) is 5.56 Å². The van der Waals surface area contributed by atoms with Crippen molar-refractivity contribution in [3.63, 3.8) is 0 Å². The van der Waals surface area contributed by atoms with Crippen LogP contribution in [0.3, 0.4) is 0 Å². The van der Waals surface area contributed by atoms with Crippen molar-refractivity contribution in [3.05, 3.63) is 71.8 Å². The Hall–Kier alpha value is -1.60. The maximum Gasteiger partial charge on any atom is 0.0681 e. The minimum Gasteiger partial charge on any atom is -0.392 e. The lowest BCUT2D eigenvalue weighted by Crippen LogP contribution is -1.77. The molecule has 2 aromatic rings. The molecule has 0 aliphatic heterocycles. The van der Waals surface area contributed by atoms with E-state index in [-0.39, 0.29) is 6.61 Å². The molecule has 0 aliphatic rings. The molecule has 23 heavy (non-hydrogen) atoms. The van der Waals surface area contributed by atoms with E-state index in [4.69, 9.17) is 5.11 Å². The summed E-state index contributed by atoms with van der Waals surface area (Å²) in [7, 11) is 0. The molecule has 0 heterocycles. The van der Waals surface area contributed by atoms with E-state index in [1.807, 2.05) is 104 Å². The van der Waals surface area contributed by atoms with E-state index in [9.17, 15) is 0 Å². The summed E-state index contributed by atoms with van der Waals surface area (Å²) in [5.41, 5.74) is 2.29. The first-order valence-corrected chi connectivity index (χ1v) is 8.99. The van der Waals surface area contributed by atoms with E-state index < -0.39 is 0 Å². The number of hydrogen-bond acceptors (Lipinski definition) is 1. The van der Waals surface area contributed by atoms with E-state index in [1.54, 1.807) is 0 Å². The number of aliphatic hydroxyl groups is 1. The molecule has 0 amide bonds. The SMILES string of the molecule is CC.CC.CC.CC.Cc1ccccc1.OCc1ccccc1. The van der Waals surface area contributed by atoms with Gasteiger partial charge >= 0.3 is 0 Å². The van der Waals surface area contributed by atoms with Crippen LogP contribution in [-0.2, 0) is 6.61 Å². The third-order valence-corrected chi connectivity index (χ3v) is 1.97. The smallest absolute Gasteiger partial charge is 0.0681 e. The number of rotatable bonds is 1. The molecule has 1 N–H and O–H groups in total. The molecule has 0 atom stereocenters. The second kappa shape index (κ2) is 32.4. The Bertz CT molecular complexity index is 354. The highest BCUT2D eigenvalue weighted by atomic mass is 16.3. The van der Waals surface area contributed by atoms with Gasteiger partial charge in [-0.3, -0.25) is 0 Å². The van der Waals surface area contributed by atoms with Gasteiger partial charge in [0.1, 0.15) is 0 Å². The average molecular weight is 321 g/mol. The largest absolute Gasteiger partial charge is 0.392 e. The Morgan fingerprint density at radius 1 is 0.565 bits per heavy atom. The van der Waals surface area contributed by atoms with Gasteiger partial charge in [-0.1, -0.05) is 122 Å². The Kier molecular flexibility index (Phi) is 41.4. The van der Waals surface area contributed by atoms with Crippen LogP contribution < -0.4 is 0 Å². The molecule has 0 fully saturated rings. The highest BCUT2D eigenvalue weighted by Gasteiger charge is 1.81. The second-order valence-electron chi connectivity index (χ2n) is 3.30. The lowest BCUT2D eigenvalue weighted by atomic mass is 10.2. The number of hydrogen-bond donors (Lipinski definition) is 1. The van der Waals surface area contributed by atoms with E-state index in [0.29, 0.717) is 0 Å². The van der Waals surface area contributed by atoms with Gasteiger partial charge in [-0.15, -0.1) is 0 Å². The summed E-state index contributed by atoms with van der Waals surface area (Å²) in [6.07, 6.45) is 0. The van der Waals surface area contributed by atoms with Gasteiger partial charge in [0.05, 0.1) is 6.61 Å². The van der Waals surface area contributed by atoms with E-state index >= 15 is 0 Å². The summed E-state index contributed by atoms with van der Waals surface area (Å²) in [6.45, 7) is 18.2. The molecular formula is C22H40O. The lowest BCUT2D eigenvalue weighted by Gasteiger charge is -1.89. The van der Waals surface area contributed by atoms with Gasteiger partial charge < -0.3 is 5.11 Å². The van der Waals surface area contributed by atoms with Crippen molar-refractivity contribution in [2.24, 2.45) is 0 Å². The number of aliphatic hydroxyl groups excluding tert-OH is 1. The van der Waals surface area contributed by atoms with Crippen LogP contribution >= 0.6 is 0 Å². The quantitative estimate of drug-likeness (QED) is 0.585. The fourth-order valence-corrected chi connectivity index (χ4v) is 1.12. The molecule has 0 saturated heterocycles. The van der Waals surface area contributed by atoms with Crippen molar-refractivity contribution < 1.29 is 5.11 Å². The maximum atomic E-state index is 8.54. The van der Waals surface area contributed by atoms with Crippen molar-refractivity contribution in [2.45, 2.75) is 68.9 Å². The second-order valence-corrected chi connectivity index (χ2v) is 3.30. The van der Waals surface area contributed by atoms with Crippen LogP contribution in [0.5, 0.6) is 0 Å². The predicted molar refractivity (Wildman–Crippen MR) is 109 cm³/mol. The fraction of sp³-hybridized carbons (Fsp3) is 0.455. The molecule has 0 spiro atoms. The van der Waals surface area contributed by atoms with Gasteiger partial charge in [-0.05, 0) is 12.5 Å². The molecule has 0 saturated carbocycles. The molecule has 2 aromatic carbocycles. The van der Waals surface area contributed by atoms with Crippen molar-refractivity contribution in [3.8, 4) is 0 Å². The van der Waals surface area contributed by atoms with Crippen LogP contribution in [-0.4, -0.2) is 5.11 Å². The average Bonchev–Trinajstić information content (AvgIpc) is 2.70. The molecule has 2 rings (SSSR count). The summed E-state index contributed by atoms with van der Waals surface area (Å²) in [4.78, 5) is 0. The highest BCUT2D eigenvalue weighted by Crippen LogP contribution is 1.95. The van der Waals surface area contributed by atoms with Gasteiger partial charge in [0.2, 0.25) is 0 Å². The fourth-order valence-electron chi connectivity index (χ4n) is 1.12. The third-order valence-electron chi connectivity index (χ3n) is 1.97. The van der Waals surface area contributed by atoms with Gasteiger partial charge in [-0.2, -0.15) is 0 Å². The number of aryl methyl sites for hydroxylation is 1. The van der Waals surface area contributed by atoms with Gasteiger partial charge in [-0.25, -0.2) is 0 Å². The molecule has 0 bridgehead atoms. The Morgan fingerprint density at radius 3 is 1.04 bits per heavy atom. The summed E-state index contributed by atoms with van der Waals surface area (Å²) < 4.78 is 0. The monoisotopic (exact) mass is 320 g/mol. The van der Waals surface area contributed by atoms with Crippen LogP contribution in [0.4, 0.5) is 0 Å². The minimum absolute atomic E-state index is 0.140. The van der Waals surface area contributed by atoms with Crippen molar-refractivity contribution >= 4 is 0 Å². The molecule has 0 radical (unpaired) electrons. The van der Waals surface area contributed by atoms with Crippen LogP contribution in [0.15, 0.2) is 60.7 Å². The molecule has 1 heteroatoms. The molecular weight excluding hydrogens is 280 g/mol. The van der Waals surface area contributed by atoms with Crippen molar-refractivity contribution in [1.82, 2.24) is 0 Å². The number of benzene rings is 2. The van der Waals surface area contributed by atoms with Gasteiger partial charge in [0, 0.05) is 0 Å². The van der Waals surface area contributed by atoms with Crippen LogP contribution in [0.1, 0.15) is 66.5 Å². The van der Waals surface area contributed by atoms with E-state index in [2.05, 4.69) is 19.1 Å². The van der Waals surface area contributed by atoms with Gasteiger partial charge in [0.15, 0.2) is 0 Å². The molecule has 1 nitrogen and oxygen atoms in total. The van der Waals surface area contributed by atoms with Crippen LogP contribution in [0.25, 0.3) is 0 Å². The first-order chi connectivity index (χ1) is 11.3. The normalized spacial score (nSPS) is 6.87. The topological polar surface area (TPSA) is 20.2 Å². The summed E-state index contributed by atoms with van der Waals surface area (Å²) in [5.74, 6) is 0. The first-order valence-electron chi connectivity index (χ1n) is 8.99. The van der Waals surface area contributed by atoms with Crippen molar-refractivity contribution in [1.29, 1.82) is 0 Å².